The first-order valence-electron chi connectivity index (χ1n) is 4.92. The van der Waals surface area contributed by atoms with E-state index < -0.39 is 0 Å². The van der Waals surface area contributed by atoms with Gasteiger partial charge < -0.3 is 14.4 Å². The van der Waals surface area contributed by atoms with E-state index >= 15 is 0 Å². The normalized spacial score (nSPS) is 12.0. The van der Waals surface area contributed by atoms with Crippen molar-refractivity contribution < 1.29 is 9.84 Å². The summed E-state index contributed by atoms with van der Waals surface area (Å²) < 4.78 is 7.61. The van der Waals surface area contributed by atoms with Crippen molar-refractivity contribution in [1.29, 1.82) is 0 Å². The van der Waals surface area contributed by atoms with Gasteiger partial charge in [-0.05, 0) is 32.9 Å². The van der Waals surface area contributed by atoms with Gasteiger partial charge in [-0.15, -0.1) is 0 Å². The standard InChI is InChI=1S/C11H19NO2/c1-11(2,3)14-8-7-12-6-4-5-10(12)9-13/h4-6,13H,7-9H2,1-3H3. The van der Waals surface area contributed by atoms with Crippen LogP contribution < -0.4 is 0 Å². The lowest BCUT2D eigenvalue weighted by atomic mass is 10.2. The number of aromatic nitrogens is 1. The zero-order chi connectivity index (χ0) is 10.6. The van der Waals surface area contributed by atoms with E-state index in [1.54, 1.807) is 0 Å². The summed E-state index contributed by atoms with van der Waals surface area (Å²) in [4.78, 5) is 0. The lowest BCUT2D eigenvalue weighted by Crippen LogP contribution is -2.22. The Bertz CT molecular complexity index is 273. The molecule has 0 aromatic carbocycles. The molecule has 1 heterocycles. The number of aliphatic hydroxyl groups is 1. The molecule has 0 saturated carbocycles. The van der Waals surface area contributed by atoms with Gasteiger partial charge in [-0.1, -0.05) is 0 Å². The Labute approximate surface area is 85.3 Å². The molecule has 0 amide bonds. The van der Waals surface area contributed by atoms with E-state index in [0.717, 1.165) is 12.2 Å². The van der Waals surface area contributed by atoms with Gasteiger partial charge in [-0.2, -0.15) is 0 Å². The SMILES string of the molecule is CC(C)(C)OCCn1cccc1CO. The van der Waals surface area contributed by atoms with Crippen LogP contribution in [-0.4, -0.2) is 21.9 Å². The van der Waals surface area contributed by atoms with Crippen LogP contribution in [0.3, 0.4) is 0 Å². The fourth-order valence-electron chi connectivity index (χ4n) is 1.26. The number of hydrogen-bond acceptors (Lipinski definition) is 2. The lowest BCUT2D eigenvalue weighted by Gasteiger charge is -2.20. The summed E-state index contributed by atoms with van der Waals surface area (Å²) in [5.41, 5.74) is 0.842. The highest BCUT2D eigenvalue weighted by atomic mass is 16.5. The molecule has 0 aliphatic heterocycles. The first kappa shape index (κ1) is 11.3. The topological polar surface area (TPSA) is 34.4 Å². The van der Waals surface area contributed by atoms with Gasteiger partial charge in [0.25, 0.3) is 0 Å². The molecule has 3 nitrogen and oxygen atoms in total. The van der Waals surface area contributed by atoms with Crippen molar-refractivity contribution in [2.24, 2.45) is 0 Å². The van der Waals surface area contributed by atoms with Crippen molar-refractivity contribution in [3.63, 3.8) is 0 Å². The summed E-state index contributed by atoms with van der Waals surface area (Å²) in [5, 5.41) is 9.00. The van der Waals surface area contributed by atoms with Crippen LogP contribution in [-0.2, 0) is 17.9 Å². The molecule has 1 N–H and O–H groups in total. The predicted molar refractivity (Wildman–Crippen MR) is 56.1 cm³/mol. The lowest BCUT2D eigenvalue weighted by molar-refractivity contribution is -0.00722. The van der Waals surface area contributed by atoms with E-state index in [4.69, 9.17) is 9.84 Å². The molecule has 14 heavy (non-hydrogen) atoms. The number of nitrogens with zero attached hydrogens (tertiary/aromatic N) is 1. The van der Waals surface area contributed by atoms with Crippen LogP contribution >= 0.6 is 0 Å². The minimum atomic E-state index is -0.0907. The zero-order valence-electron chi connectivity index (χ0n) is 9.16. The van der Waals surface area contributed by atoms with E-state index in [2.05, 4.69) is 0 Å². The van der Waals surface area contributed by atoms with Gasteiger partial charge in [-0.3, -0.25) is 0 Å². The van der Waals surface area contributed by atoms with Crippen LogP contribution in [0.5, 0.6) is 0 Å². The molecule has 0 spiro atoms. The zero-order valence-corrected chi connectivity index (χ0v) is 9.16. The summed E-state index contributed by atoms with van der Waals surface area (Å²) >= 11 is 0. The Morgan fingerprint density at radius 2 is 2.14 bits per heavy atom. The number of hydrogen-bond donors (Lipinski definition) is 1. The molecule has 3 heteroatoms. The highest BCUT2D eigenvalue weighted by Crippen LogP contribution is 2.08. The first-order chi connectivity index (χ1) is 6.53. The van der Waals surface area contributed by atoms with Gasteiger partial charge in [0.1, 0.15) is 0 Å². The number of ether oxygens (including phenoxy) is 1. The second-order valence-electron chi connectivity index (χ2n) is 4.31. The highest BCUT2D eigenvalue weighted by molar-refractivity contribution is 5.05. The van der Waals surface area contributed by atoms with Crippen molar-refractivity contribution in [3.05, 3.63) is 24.0 Å². The fourth-order valence-corrected chi connectivity index (χ4v) is 1.26. The Kier molecular flexibility index (Phi) is 3.72. The minimum Gasteiger partial charge on any atom is -0.390 e. The Balaban J connectivity index is 2.38. The third-order valence-corrected chi connectivity index (χ3v) is 1.95. The van der Waals surface area contributed by atoms with Crippen LogP contribution in [0, 0.1) is 0 Å². The Morgan fingerprint density at radius 3 is 2.71 bits per heavy atom. The molecular weight excluding hydrogens is 178 g/mol. The maximum atomic E-state index is 9.00. The van der Waals surface area contributed by atoms with Crippen LogP contribution in [0.1, 0.15) is 26.5 Å². The quantitative estimate of drug-likeness (QED) is 0.798. The van der Waals surface area contributed by atoms with Crippen molar-refractivity contribution in [3.8, 4) is 0 Å². The number of aliphatic hydroxyl groups excluding tert-OH is 1. The fraction of sp³-hybridized carbons (Fsp3) is 0.636. The van der Waals surface area contributed by atoms with Crippen molar-refractivity contribution in [2.45, 2.75) is 39.5 Å². The molecule has 0 unspecified atom stereocenters. The molecule has 1 aromatic rings. The molecule has 0 radical (unpaired) electrons. The van der Waals surface area contributed by atoms with Gasteiger partial charge in [0.05, 0.1) is 18.8 Å². The Hall–Kier alpha value is -0.800. The smallest absolute Gasteiger partial charge is 0.0832 e. The van der Waals surface area contributed by atoms with Crippen LogP contribution in [0.2, 0.25) is 0 Å². The highest BCUT2D eigenvalue weighted by Gasteiger charge is 2.09. The molecule has 80 valence electrons. The molecule has 1 aromatic heterocycles. The monoisotopic (exact) mass is 197 g/mol. The van der Waals surface area contributed by atoms with Gasteiger partial charge in [0.2, 0.25) is 0 Å². The first-order valence-corrected chi connectivity index (χ1v) is 4.92. The van der Waals surface area contributed by atoms with Crippen LogP contribution in [0.15, 0.2) is 18.3 Å². The van der Waals surface area contributed by atoms with E-state index in [-0.39, 0.29) is 12.2 Å². The van der Waals surface area contributed by atoms with Gasteiger partial charge >= 0.3 is 0 Å². The van der Waals surface area contributed by atoms with Crippen LogP contribution in [0.25, 0.3) is 0 Å². The third kappa shape index (κ3) is 3.52. The molecule has 0 saturated heterocycles. The molecule has 0 atom stereocenters. The molecule has 0 bridgehead atoms. The third-order valence-electron chi connectivity index (χ3n) is 1.95. The summed E-state index contributed by atoms with van der Waals surface area (Å²) in [5.74, 6) is 0. The average Bonchev–Trinajstić information content (AvgIpc) is 2.49. The van der Waals surface area contributed by atoms with E-state index in [1.165, 1.54) is 0 Å². The average molecular weight is 197 g/mol. The summed E-state index contributed by atoms with van der Waals surface area (Å²) in [6, 6.07) is 3.85. The summed E-state index contributed by atoms with van der Waals surface area (Å²) in [6.07, 6.45) is 1.96. The second-order valence-corrected chi connectivity index (χ2v) is 4.31. The molecule has 0 fully saturated rings. The largest absolute Gasteiger partial charge is 0.390 e. The van der Waals surface area contributed by atoms with E-state index in [0.29, 0.717) is 6.61 Å². The minimum absolute atomic E-state index is 0.0858. The van der Waals surface area contributed by atoms with Crippen molar-refractivity contribution >= 4 is 0 Å². The van der Waals surface area contributed by atoms with Crippen molar-refractivity contribution in [2.75, 3.05) is 6.61 Å². The molecule has 1 rings (SSSR count). The van der Waals surface area contributed by atoms with Crippen LogP contribution in [0.4, 0.5) is 0 Å². The van der Waals surface area contributed by atoms with E-state index in [9.17, 15) is 0 Å². The molecular formula is C11H19NO2. The van der Waals surface area contributed by atoms with Crippen molar-refractivity contribution in [1.82, 2.24) is 4.57 Å². The maximum Gasteiger partial charge on any atom is 0.0832 e. The Morgan fingerprint density at radius 1 is 1.43 bits per heavy atom. The predicted octanol–water partition coefficient (Wildman–Crippen LogP) is 1.80. The van der Waals surface area contributed by atoms with Gasteiger partial charge in [-0.25, -0.2) is 0 Å². The number of rotatable bonds is 4. The summed E-state index contributed by atoms with van der Waals surface area (Å²) in [6.45, 7) is 7.66. The molecule has 0 aliphatic rings. The van der Waals surface area contributed by atoms with Gasteiger partial charge in [0.15, 0.2) is 0 Å². The molecule has 0 aliphatic carbocycles. The van der Waals surface area contributed by atoms with Gasteiger partial charge in [0, 0.05) is 18.4 Å². The van der Waals surface area contributed by atoms with E-state index in [1.807, 2.05) is 43.7 Å². The summed E-state index contributed by atoms with van der Waals surface area (Å²) in [7, 11) is 0. The second kappa shape index (κ2) is 4.62. The maximum absolute atomic E-state index is 9.00.